The lowest BCUT2D eigenvalue weighted by atomic mass is 9.82. The zero-order valence-electron chi connectivity index (χ0n) is 26.9. The van der Waals surface area contributed by atoms with Gasteiger partial charge in [0.05, 0.1) is 22.1 Å². The molecule has 0 N–H and O–H groups in total. The van der Waals surface area contributed by atoms with Gasteiger partial charge in [0.25, 0.3) is 0 Å². The number of para-hydroxylation sites is 2. The summed E-state index contributed by atoms with van der Waals surface area (Å²) in [5, 5.41) is 7.91. The molecule has 49 heavy (non-hydrogen) atoms. The Morgan fingerprint density at radius 2 is 1.18 bits per heavy atom. The maximum Gasteiger partial charge on any atom is 0.165 e. The molecule has 7 aromatic carbocycles. The predicted molar refractivity (Wildman–Crippen MR) is 206 cm³/mol. The average molecular weight is 642 g/mol. The molecule has 0 aliphatic heterocycles. The van der Waals surface area contributed by atoms with Crippen molar-refractivity contribution in [3.05, 3.63) is 139 Å². The van der Waals surface area contributed by atoms with E-state index in [1.807, 2.05) is 11.3 Å². The number of thiophene rings is 1. The lowest BCUT2D eigenvalue weighted by Gasteiger charge is -2.21. The molecule has 228 valence electrons. The first kappa shape index (κ1) is 26.2. The fourth-order valence-corrected chi connectivity index (χ4v) is 10.3. The van der Waals surface area contributed by atoms with Gasteiger partial charge in [-0.3, -0.25) is 4.57 Å². The molecule has 3 nitrogen and oxygen atoms in total. The summed E-state index contributed by atoms with van der Waals surface area (Å²) in [6.45, 7) is 4.67. The van der Waals surface area contributed by atoms with Crippen LogP contribution >= 0.6 is 11.3 Å². The third-order valence-corrected chi connectivity index (χ3v) is 12.4. The standard InChI is InChI=1S/C45H27N3S/c1-45(2)30-13-4-3-10-26(30)29-23-25(17-19-31(29)45)43-44(47-33-15-6-5-14-32(33)46-43)48-34-20-18-24-9-7-11-27-28-12-8-16-36-39(28)42-37(49-36)22-21-35(48)41(42)40(34)38(24)27/h3-23H,1-2H3. The Labute approximate surface area is 285 Å². The van der Waals surface area contributed by atoms with Crippen LogP contribution in [0.4, 0.5) is 0 Å². The Hall–Kier alpha value is -5.84. The summed E-state index contributed by atoms with van der Waals surface area (Å²) in [6.07, 6.45) is 0. The van der Waals surface area contributed by atoms with Crippen LogP contribution in [0.2, 0.25) is 0 Å². The van der Waals surface area contributed by atoms with Crippen molar-refractivity contribution in [2.24, 2.45) is 0 Å². The van der Waals surface area contributed by atoms with Gasteiger partial charge in [0.15, 0.2) is 5.82 Å². The molecule has 0 bridgehead atoms. The summed E-state index contributed by atoms with van der Waals surface area (Å²) < 4.78 is 5.05. The molecular weight excluding hydrogens is 615 g/mol. The van der Waals surface area contributed by atoms with Gasteiger partial charge < -0.3 is 0 Å². The van der Waals surface area contributed by atoms with E-state index >= 15 is 0 Å². The lowest BCUT2D eigenvalue weighted by molar-refractivity contribution is 0.660. The van der Waals surface area contributed by atoms with E-state index in [1.165, 1.54) is 80.6 Å². The maximum atomic E-state index is 5.49. The summed E-state index contributed by atoms with van der Waals surface area (Å²) in [6, 6.07) is 46.8. The molecule has 3 aromatic heterocycles. The Bertz CT molecular complexity index is 3140. The minimum absolute atomic E-state index is 0.0603. The Morgan fingerprint density at radius 1 is 0.510 bits per heavy atom. The molecule has 0 saturated carbocycles. The highest BCUT2D eigenvalue weighted by Gasteiger charge is 2.35. The quantitative estimate of drug-likeness (QED) is 0.188. The van der Waals surface area contributed by atoms with Crippen LogP contribution in [0, 0.1) is 0 Å². The average Bonchev–Trinajstić information content (AvgIpc) is 3.72. The highest BCUT2D eigenvalue weighted by atomic mass is 32.1. The molecule has 3 heterocycles. The van der Waals surface area contributed by atoms with Crippen molar-refractivity contribution < 1.29 is 0 Å². The fraction of sp³-hybridized carbons (Fsp3) is 0.0667. The van der Waals surface area contributed by atoms with Gasteiger partial charge in [0.2, 0.25) is 0 Å². The smallest absolute Gasteiger partial charge is 0.165 e. The number of hydrogen-bond acceptors (Lipinski definition) is 3. The van der Waals surface area contributed by atoms with Crippen LogP contribution < -0.4 is 0 Å². The van der Waals surface area contributed by atoms with Crippen LogP contribution in [0.25, 0.3) is 103 Å². The van der Waals surface area contributed by atoms with Gasteiger partial charge in [0.1, 0.15) is 5.69 Å². The van der Waals surface area contributed by atoms with Crippen molar-refractivity contribution >= 4 is 75.1 Å². The molecule has 2 aliphatic carbocycles. The van der Waals surface area contributed by atoms with E-state index < -0.39 is 0 Å². The molecule has 0 saturated heterocycles. The van der Waals surface area contributed by atoms with Crippen LogP contribution in [0.5, 0.6) is 0 Å². The van der Waals surface area contributed by atoms with Gasteiger partial charge in [-0.1, -0.05) is 98.8 Å². The monoisotopic (exact) mass is 641 g/mol. The van der Waals surface area contributed by atoms with Gasteiger partial charge in [0, 0.05) is 41.9 Å². The molecule has 0 radical (unpaired) electrons. The van der Waals surface area contributed by atoms with E-state index in [1.54, 1.807) is 0 Å². The Balaban J connectivity index is 1.25. The number of benzene rings is 7. The molecule has 0 amide bonds. The first-order valence-corrected chi connectivity index (χ1v) is 17.7. The van der Waals surface area contributed by atoms with E-state index in [4.69, 9.17) is 9.97 Å². The lowest BCUT2D eigenvalue weighted by Crippen LogP contribution is -2.14. The highest BCUT2D eigenvalue weighted by molar-refractivity contribution is 7.26. The fourth-order valence-electron chi connectivity index (χ4n) is 9.16. The van der Waals surface area contributed by atoms with Gasteiger partial charge in [-0.25, -0.2) is 9.97 Å². The number of aromatic nitrogens is 3. The van der Waals surface area contributed by atoms with Crippen molar-refractivity contribution in [1.82, 2.24) is 14.5 Å². The molecule has 10 aromatic rings. The topological polar surface area (TPSA) is 30.7 Å². The van der Waals surface area contributed by atoms with Crippen LogP contribution in [0.3, 0.4) is 0 Å². The molecular formula is C45H27N3S. The minimum atomic E-state index is -0.0603. The summed E-state index contributed by atoms with van der Waals surface area (Å²) in [5.74, 6) is 0.862. The number of fused-ring (bicyclic) bond motifs is 5. The van der Waals surface area contributed by atoms with Crippen LogP contribution in [-0.4, -0.2) is 14.5 Å². The van der Waals surface area contributed by atoms with Gasteiger partial charge in [-0.15, -0.1) is 11.3 Å². The summed E-state index contributed by atoms with van der Waals surface area (Å²) in [4.78, 5) is 10.9. The maximum absolute atomic E-state index is 5.49. The second kappa shape index (κ2) is 8.79. The molecule has 0 unspecified atom stereocenters. The van der Waals surface area contributed by atoms with Crippen LogP contribution in [0.1, 0.15) is 25.0 Å². The molecule has 12 rings (SSSR count). The summed E-state index contributed by atoms with van der Waals surface area (Å²) in [7, 11) is 0. The summed E-state index contributed by atoms with van der Waals surface area (Å²) in [5.41, 5.74) is 14.0. The van der Waals surface area contributed by atoms with Crippen molar-refractivity contribution in [1.29, 1.82) is 0 Å². The zero-order valence-corrected chi connectivity index (χ0v) is 27.7. The normalized spacial score (nSPS) is 14.1. The van der Waals surface area contributed by atoms with Gasteiger partial charge in [-0.05, 0) is 86.6 Å². The largest absolute Gasteiger partial charge is 0.292 e. The molecule has 4 heteroatoms. The van der Waals surface area contributed by atoms with E-state index in [9.17, 15) is 0 Å². The van der Waals surface area contributed by atoms with Crippen LogP contribution in [0.15, 0.2) is 127 Å². The van der Waals surface area contributed by atoms with E-state index in [2.05, 4.69) is 146 Å². The Morgan fingerprint density at radius 3 is 2.06 bits per heavy atom. The number of rotatable bonds is 2. The second-order valence-electron chi connectivity index (χ2n) is 14.1. The molecule has 0 atom stereocenters. The minimum Gasteiger partial charge on any atom is -0.292 e. The SMILES string of the molecule is CC1(C)c2ccccc2-c2cc(-c3nc4ccccc4nc3-n3c4ccc5cccc6c5c4c4c5c(ccc43)sc3cccc-6c35)ccc21. The van der Waals surface area contributed by atoms with Crippen molar-refractivity contribution in [2.75, 3.05) is 0 Å². The second-order valence-corrected chi connectivity index (χ2v) is 15.2. The van der Waals surface area contributed by atoms with E-state index in [0.29, 0.717) is 0 Å². The van der Waals surface area contributed by atoms with E-state index in [-0.39, 0.29) is 5.41 Å². The summed E-state index contributed by atoms with van der Waals surface area (Å²) >= 11 is 1.89. The highest BCUT2D eigenvalue weighted by Crippen LogP contribution is 2.53. The first-order chi connectivity index (χ1) is 24.1. The number of nitrogens with zero attached hydrogens (tertiary/aromatic N) is 3. The molecule has 0 fully saturated rings. The molecule has 2 aliphatic rings. The Kier molecular flexibility index (Phi) is 4.69. The first-order valence-electron chi connectivity index (χ1n) is 16.9. The zero-order chi connectivity index (χ0) is 32.2. The van der Waals surface area contributed by atoms with Crippen molar-refractivity contribution in [2.45, 2.75) is 19.3 Å². The van der Waals surface area contributed by atoms with Crippen molar-refractivity contribution in [3.63, 3.8) is 0 Å². The van der Waals surface area contributed by atoms with E-state index in [0.717, 1.165) is 33.6 Å². The third-order valence-electron chi connectivity index (χ3n) is 11.3. The van der Waals surface area contributed by atoms with Crippen LogP contribution in [-0.2, 0) is 5.41 Å². The van der Waals surface area contributed by atoms with Gasteiger partial charge >= 0.3 is 0 Å². The van der Waals surface area contributed by atoms with Crippen molar-refractivity contribution in [3.8, 4) is 39.3 Å². The predicted octanol–water partition coefficient (Wildman–Crippen LogP) is 12.2. The third kappa shape index (κ3) is 3.14. The van der Waals surface area contributed by atoms with Gasteiger partial charge in [-0.2, -0.15) is 0 Å². The molecule has 0 spiro atoms. The number of hydrogen-bond donors (Lipinski definition) is 0.